The largest absolute Gasteiger partial charge is 0.494 e. The molecule has 0 unspecified atom stereocenters. The van der Waals surface area contributed by atoms with Gasteiger partial charge in [-0.2, -0.15) is 5.10 Å². The number of aromatic nitrogens is 3. The van der Waals surface area contributed by atoms with Crippen molar-refractivity contribution in [2.24, 2.45) is 0 Å². The topological polar surface area (TPSA) is 60.2 Å². The lowest BCUT2D eigenvalue weighted by Gasteiger charge is -2.12. The Hall–Kier alpha value is -1.92. The van der Waals surface area contributed by atoms with E-state index in [2.05, 4.69) is 10.1 Å². The van der Waals surface area contributed by atoms with Crippen LogP contribution in [0.4, 0.5) is 0 Å². The third kappa shape index (κ3) is 3.40. The van der Waals surface area contributed by atoms with E-state index in [1.807, 2.05) is 19.0 Å². The van der Waals surface area contributed by atoms with Crippen LogP contribution in [-0.2, 0) is 6.54 Å². The van der Waals surface area contributed by atoms with Crippen molar-refractivity contribution in [3.8, 4) is 5.75 Å². The van der Waals surface area contributed by atoms with Crippen LogP contribution >= 0.6 is 11.6 Å². The molecule has 0 N–H and O–H groups in total. The number of nitrogens with zero attached hydrogens (tertiary/aromatic N) is 4. The molecule has 2 aromatic rings. The van der Waals surface area contributed by atoms with Gasteiger partial charge in [0.2, 0.25) is 5.78 Å². The molecule has 112 valence electrons. The molecule has 0 atom stereocenters. The standard InChI is InChI=1S/C14H17ClN4O2/c1-18(2)6-7-19-13(11(15)8-17-19)14(20)10-4-5-16-9-12(10)21-3/h4-5,8-9H,6-7H2,1-3H3. The number of halogens is 1. The highest BCUT2D eigenvalue weighted by Gasteiger charge is 2.22. The molecule has 0 radical (unpaired) electrons. The summed E-state index contributed by atoms with van der Waals surface area (Å²) in [5.74, 6) is 0.189. The first-order valence-electron chi connectivity index (χ1n) is 6.43. The van der Waals surface area contributed by atoms with Crippen LogP contribution in [-0.4, -0.2) is 53.2 Å². The van der Waals surface area contributed by atoms with Gasteiger partial charge in [0.1, 0.15) is 11.4 Å². The molecule has 0 aromatic carbocycles. The molecule has 0 spiro atoms. The van der Waals surface area contributed by atoms with Gasteiger partial charge in [0.25, 0.3) is 0 Å². The summed E-state index contributed by atoms with van der Waals surface area (Å²) in [7, 11) is 5.41. The lowest BCUT2D eigenvalue weighted by atomic mass is 10.1. The number of methoxy groups -OCH3 is 1. The molecule has 6 nitrogen and oxygen atoms in total. The summed E-state index contributed by atoms with van der Waals surface area (Å²) in [5, 5.41) is 4.50. The van der Waals surface area contributed by atoms with Crippen molar-refractivity contribution < 1.29 is 9.53 Å². The molecule has 0 aliphatic heterocycles. The summed E-state index contributed by atoms with van der Waals surface area (Å²) in [5.41, 5.74) is 0.781. The van der Waals surface area contributed by atoms with E-state index in [-0.39, 0.29) is 5.78 Å². The SMILES string of the molecule is COc1cnccc1C(=O)c1c(Cl)cnn1CCN(C)C. The monoisotopic (exact) mass is 308 g/mol. The van der Waals surface area contributed by atoms with Crippen molar-refractivity contribution in [2.45, 2.75) is 6.54 Å². The molecule has 0 saturated heterocycles. The van der Waals surface area contributed by atoms with Crippen LogP contribution in [0.5, 0.6) is 5.75 Å². The fourth-order valence-corrected chi connectivity index (χ4v) is 2.14. The summed E-state index contributed by atoms with van der Waals surface area (Å²) >= 11 is 6.13. The van der Waals surface area contributed by atoms with Crippen molar-refractivity contribution >= 4 is 17.4 Å². The van der Waals surface area contributed by atoms with Gasteiger partial charge in [0.15, 0.2) is 0 Å². The Kier molecular flexibility index (Phi) is 4.93. The smallest absolute Gasteiger partial charge is 0.216 e. The molecule has 0 aliphatic rings. The summed E-state index contributed by atoms with van der Waals surface area (Å²) < 4.78 is 6.79. The van der Waals surface area contributed by atoms with E-state index in [0.717, 1.165) is 6.54 Å². The number of hydrogen-bond acceptors (Lipinski definition) is 5. The van der Waals surface area contributed by atoms with E-state index >= 15 is 0 Å². The maximum Gasteiger partial charge on any atom is 0.216 e. The molecule has 2 aromatic heterocycles. The van der Waals surface area contributed by atoms with Gasteiger partial charge in [0.05, 0.1) is 36.6 Å². The third-order valence-corrected chi connectivity index (χ3v) is 3.29. The van der Waals surface area contributed by atoms with Crippen molar-refractivity contribution in [1.29, 1.82) is 0 Å². The normalized spacial score (nSPS) is 10.9. The van der Waals surface area contributed by atoms with E-state index in [9.17, 15) is 4.79 Å². The number of likely N-dealkylation sites (N-methyl/N-ethyl adjacent to an activating group) is 1. The summed E-state index contributed by atoms with van der Waals surface area (Å²) in [6.45, 7) is 1.33. The van der Waals surface area contributed by atoms with Gasteiger partial charge in [-0.05, 0) is 20.2 Å². The van der Waals surface area contributed by atoms with E-state index in [1.165, 1.54) is 19.5 Å². The molecule has 7 heteroatoms. The second-order valence-corrected chi connectivity index (χ2v) is 5.18. The number of hydrogen-bond donors (Lipinski definition) is 0. The van der Waals surface area contributed by atoms with Crippen LogP contribution in [0.3, 0.4) is 0 Å². The molecule has 0 aliphatic carbocycles. The van der Waals surface area contributed by atoms with E-state index in [0.29, 0.717) is 28.6 Å². The van der Waals surface area contributed by atoms with Crippen LogP contribution in [0, 0.1) is 0 Å². The molecule has 21 heavy (non-hydrogen) atoms. The molecular formula is C14H17ClN4O2. The Morgan fingerprint density at radius 1 is 1.43 bits per heavy atom. The lowest BCUT2D eigenvalue weighted by molar-refractivity contribution is 0.102. The highest BCUT2D eigenvalue weighted by Crippen LogP contribution is 2.24. The Morgan fingerprint density at radius 2 is 2.19 bits per heavy atom. The first kappa shape index (κ1) is 15.5. The van der Waals surface area contributed by atoms with Gasteiger partial charge in [-0.3, -0.25) is 14.5 Å². The second-order valence-electron chi connectivity index (χ2n) is 4.77. The van der Waals surface area contributed by atoms with Gasteiger partial charge in [-0.15, -0.1) is 0 Å². The van der Waals surface area contributed by atoms with Crippen LogP contribution in [0.2, 0.25) is 5.02 Å². The van der Waals surface area contributed by atoms with E-state index in [1.54, 1.807) is 16.9 Å². The number of rotatable bonds is 6. The highest BCUT2D eigenvalue weighted by atomic mass is 35.5. The quantitative estimate of drug-likeness (QED) is 0.761. The first-order chi connectivity index (χ1) is 10.0. The number of pyridine rings is 1. The maximum atomic E-state index is 12.7. The van der Waals surface area contributed by atoms with Crippen LogP contribution in [0.25, 0.3) is 0 Å². The fraction of sp³-hybridized carbons (Fsp3) is 0.357. The average molecular weight is 309 g/mol. The fourth-order valence-electron chi connectivity index (χ4n) is 1.91. The number of ketones is 1. The van der Waals surface area contributed by atoms with Crippen LogP contribution in [0.1, 0.15) is 16.1 Å². The summed E-state index contributed by atoms with van der Waals surface area (Å²) in [6.07, 6.45) is 4.53. The molecular weight excluding hydrogens is 292 g/mol. The Balaban J connectivity index is 2.37. The van der Waals surface area contributed by atoms with Gasteiger partial charge in [-0.1, -0.05) is 11.6 Å². The third-order valence-electron chi connectivity index (χ3n) is 3.02. The van der Waals surface area contributed by atoms with Gasteiger partial charge >= 0.3 is 0 Å². The van der Waals surface area contributed by atoms with Gasteiger partial charge in [-0.25, -0.2) is 0 Å². The average Bonchev–Trinajstić information content (AvgIpc) is 2.85. The number of carbonyl (C=O) groups is 1. The zero-order chi connectivity index (χ0) is 15.4. The predicted molar refractivity (Wildman–Crippen MR) is 80.0 cm³/mol. The molecule has 0 amide bonds. The highest BCUT2D eigenvalue weighted by molar-refractivity contribution is 6.34. The second kappa shape index (κ2) is 6.69. The zero-order valence-electron chi connectivity index (χ0n) is 12.2. The minimum absolute atomic E-state index is 0.226. The summed E-state index contributed by atoms with van der Waals surface area (Å²) in [4.78, 5) is 18.7. The zero-order valence-corrected chi connectivity index (χ0v) is 13.0. The van der Waals surface area contributed by atoms with Crippen LogP contribution < -0.4 is 4.74 Å². The van der Waals surface area contributed by atoms with Gasteiger partial charge in [0, 0.05) is 12.7 Å². The predicted octanol–water partition coefficient (Wildman–Crippen LogP) is 1.73. The van der Waals surface area contributed by atoms with Crippen molar-refractivity contribution in [3.05, 3.63) is 40.9 Å². The molecule has 0 saturated carbocycles. The maximum absolute atomic E-state index is 12.7. The van der Waals surface area contributed by atoms with Crippen molar-refractivity contribution in [3.63, 3.8) is 0 Å². The molecule has 2 rings (SSSR count). The van der Waals surface area contributed by atoms with Gasteiger partial charge < -0.3 is 9.64 Å². The Bertz CT molecular complexity index is 640. The minimum Gasteiger partial charge on any atom is -0.494 e. The van der Waals surface area contributed by atoms with E-state index < -0.39 is 0 Å². The summed E-state index contributed by atoms with van der Waals surface area (Å²) in [6, 6.07) is 1.61. The number of carbonyl (C=O) groups excluding carboxylic acids is 1. The minimum atomic E-state index is -0.226. The Labute approximate surface area is 128 Å². The van der Waals surface area contributed by atoms with Crippen LogP contribution in [0.15, 0.2) is 24.7 Å². The Morgan fingerprint density at radius 3 is 2.86 bits per heavy atom. The molecule has 2 heterocycles. The molecule has 0 bridgehead atoms. The number of ether oxygens (including phenoxy) is 1. The van der Waals surface area contributed by atoms with Crippen molar-refractivity contribution in [2.75, 3.05) is 27.7 Å². The first-order valence-corrected chi connectivity index (χ1v) is 6.81. The van der Waals surface area contributed by atoms with E-state index in [4.69, 9.17) is 16.3 Å². The van der Waals surface area contributed by atoms with Crippen molar-refractivity contribution in [1.82, 2.24) is 19.7 Å². The molecule has 0 fully saturated rings. The lowest BCUT2D eigenvalue weighted by Crippen LogP contribution is -2.22.